The first-order valence-corrected chi connectivity index (χ1v) is 10.6. The Labute approximate surface area is 183 Å². The molecule has 0 radical (unpaired) electrons. The summed E-state index contributed by atoms with van der Waals surface area (Å²) in [6.07, 6.45) is 12.5. The fraction of sp³-hybridized carbons (Fsp3) is 0.148. The van der Waals surface area contributed by atoms with Crippen molar-refractivity contribution in [3.8, 4) is 22.4 Å². The average molecular weight is 405 g/mol. The highest BCUT2D eigenvalue weighted by molar-refractivity contribution is 5.67. The summed E-state index contributed by atoms with van der Waals surface area (Å²) in [6, 6.07) is 19.6. The highest BCUT2D eigenvalue weighted by atomic mass is 15.1. The molecule has 2 aromatic carbocycles. The van der Waals surface area contributed by atoms with Gasteiger partial charge in [0.05, 0.1) is 11.9 Å². The number of fused-ring (bicyclic) bond motifs is 1. The molecule has 4 aromatic rings. The zero-order chi connectivity index (χ0) is 21.0. The lowest BCUT2D eigenvalue weighted by Crippen LogP contribution is -2.22. The summed E-state index contributed by atoms with van der Waals surface area (Å²) in [7, 11) is 0. The second kappa shape index (κ2) is 8.52. The number of hydrogen-bond donors (Lipinski definition) is 0. The van der Waals surface area contributed by atoms with Gasteiger partial charge in [0.25, 0.3) is 0 Å². The number of hydrogen-bond acceptors (Lipinski definition) is 4. The third-order valence-corrected chi connectivity index (χ3v) is 5.71. The van der Waals surface area contributed by atoms with Gasteiger partial charge in [-0.25, -0.2) is 0 Å². The molecule has 0 spiro atoms. The molecule has 2 aromatic heterocycles. The van der Waals surface area contributed by atoms with Gasteiger partial charge in [-0.15, -0.1) is 0 Å². The van der Waals surface area contributed by atoms with Gasteiger partial charge in [-0.1, -0.05) is 36.4 Å². The molecule has 152 valence electrons. The zero-order valence-electron chi connectivity index (χ0n) is 17.6. The van der Waals surface area contributed by atoms with E-state index < -0.39 is 0 Å². The highest BCUT2D eigenvalue weighted by Crippen LogP contribution is 2.26. The van der Waals surface area contributed by atoms with Crippen LogP contribution in [0.4, 0.5) is 0 Å². The van der Waals surface area contributed by atoms with Gasteiger partial charge in [-0.2, -0.15) is 0 Å². The van der Waals surface area contributed by atoms with Gasteiger partial charge in [0, 0.05) is 42.9 Å². The van der Waals surface area contributed by atoms with Crippen molar-refractivity contribution < 1.29 is 0 Å². The van der Waals surface area contributed by atoms with Crippen molar-refractivity contribution >= 4 is 6.08 Å². The molecular weight excluding hydrogens is 380 g/mol. The average Bonchev–Trinajstić information content (AvgIpc) is 2.83. The summed E-state index contributed by atoms with van der Waals surface area (Å²) in [6.45, 7) is 3.95. The highest BCUT2D eigenvalue weighted by Gasteiger charge is 2.12. The third-order valence-electron chi connectivity index (χ3n) is 5.71. The zero-order valence-corrected chi connectivity index (χ0v) is 17.6. The van der Waals surface area contributed by atoms with Crippen molar-refractivity contribution in [2.75, 3.05) is 6.54 Å². The van der Waals surface area contributed by atoms with Crippen LogP contribution in [0.2, 0.25) is 0 Å². The van der Waals surface area contributed by atoms with Crippen LogP contribution in [0.1, 0.15) is 22.4 Å². The molecule has 1 aliphatic rings. The first kappa shape index (κ1) is 19.2. The molecule has 0 fully saturated rings. The Morgan fingerprint density at radius 3 is 2.52 bits per heavy atom. The summed E-state index contributed by atoms with van der Waals surface area (Å²) in [5.74, 6) is 0. The molecule has 0 aliphatic carbocycles. The van der Waals surface area contributed by atoms with Gasteiger partial charge in [0.1, 0.15) is 0 Å². The number of pyridine rings is 1. The van der Waals surface area contributed by atoms with E-state index in [-0.39, 0.29) is 0 Å². The van der Waals surface area contributed by atoms with Crippen LogP contribution in [0.15, 0.2) is 85.6 Å². The number of aryl methyl sites for hydroxylation is 1. The van der Waals surface area contributed by atoms with Crippen LogP contribution in [0.5, 0.6) is 0 Å². The minimum atomic E-state index is 0.909. The van der Waals surface area contributed by atoms with E-state index in [0.717, 1.165) is 36.5 Å². The molecule has 0 unspecified atom stereocenters. The van der Waals surface area contributed by atoms with Crippen molar-refractivity contribution in [2.45, 2.75) is 19.9 Å². The summed E-state index contributed by atoms with van der Waals surface area (Å²) in [4.78, 5) is 15.2. The summed E-state index contributed by atoms with van der Waals surface area (Å²) < 4.78 is 0. The maximum absolute atomic E-state index is 4.41. The topological polar surface area (TPSA) is 41.9 Å². The van der Waals surface area contributed by atoms with Gasteiger partial charge >= 0.3 is 0 Å². The Bertz CT molecular complexity index is 1210. The van der Waals surface area contributed by atoms with Crippen LogP contribution in [-0.4, -0.2) is 26.4 Å². The van der Waals surface area contributed by atoms with Crippen LogP contribution in [0.3, 0.4) is 0 Å². The van der Waals surface area contributed by atoms with E-state index in [9.17, 15) is 0 Å². The predicted octanol–water partition coefficient (Wildman–Crippen LogP) is 5.54. The minimum absolute atomic E-state index is 0.909. The van der Waals surface area contributed by atoms with E-state index in [1.807, 2.05) is 19.3 Å². The molecule has 3 heterocycles. The molecule has 5 rings (SSSR count). The second-order valence-corrected chi connectivity index (χ2v) is 7.92. The van der Waals surface area contributed by atoms with Crippen molar-refractivity contribution in [3.05, 3.63) is 108 Å². The maximum atomic E-state index is 4.41. The van der Waals surface area contributed by atoms with Crippen LogP contribution < -0.4 is 0 Å². The standard InChI is InChI=1S/C27H24N4/c1-20-16-23(8-11-29-20)22-4-2-21(3-5-22)9-14-31-15-10-24-17-25(6-7-26(24)19-31)27-18-28-12-13-30-27/h2-8,10-13,15-18H,9,14,19H2,1H3. The molecule has 0 N–H and O–H groups in total. The Hall–Kier alpha value is -3.79. The first-order chi connectivity index (χ1) is 15.2. The number of nitrogens with zero attached hydrogens (tertiary/aromatic N) is 4. The van der Waals surface area contributed by atoms with E-state index in [0.29, 0.717) is 0 Å². The SMILES string of the molecule is Cc1cc(-c2ccc(CCN3C=Cc4cc(-c5cnccn5)ccc4C3)cc2)ccn1. The molecule has 1 aliphatic heterocycles. The Balaban J connectivity index is 1.23. The monoisotopic (exact) mass is 404 g/mol. The molecule has 0 amide bonds. The van der Waals surface area contributed by atoms with Crippen molar-refractivity contribution in [2.24, 2.45) is 0 Å². The van der Waals surface area contributed by atoms with Gasteiger partial charge in [0.2, 0.25) is 0 Å². The molecular formula is C27H24N4. The van der Waals surface area contributed by atoms with E-state index in [1.165, 1.54) is 27.8 Å². The van der Waals surface area contributed by atoms with E-state index >= 15 is 0 Å². The summed E-state index contributed by atoms with van der Waals surface area (Å²) >= 11 is 0. The maximum Gasteiger partial charge on any atom is 0.0885 e. The van der Waals surface area contributed by atoms with Gasteiger partial charge in [-0.3, -0.25) is 15.0 Å². The third kappa shape index (κ3) is 4.38. The van der Waals surface area contributed by atoms with Gasteiger partial charge < -0.3 is 4.90 Å². The lowest BCUT2D eigenvalue weighted by molar-refractivity contribution is 0.371. The summed E-state index contributed by atoms with van der Waals surface area (Å²) in [5.41, 5.74) is 9.47. The number of rotatable bonds is 5. The minimum Gasteiger partial charge on any atom is -0.373 e. The molecule has 0 bridgehead atoms. The van der Waals surface area contributed by atoms with Gasteiger partial charge in [-0.05, 0) is 71.6 Å². The van der Waals surface area contributed by atoms with Crippen LogP contribution in [-0.2, 0) is 13.0 Å². The predicted molar refractivity (Wildman–Crippen MR) is 125 cm³/mol. The van der Waals surface area contributed by atoms with Crippen LogP contribution in [0, 0.1) is 6.92 Å². The smallest absolute Gasteiger partial charge is 0.0885 e. The largest absolute Gasteiger partial charge is 0.373 e. The quantitative estimate of drug-likeness (QED) is 0.438. The first-order valence-electron chi connectivity index (χ1n) is 10.6. The second-order valence-electron chi connectivity index (χ2n) is 7.92. The van der Waals surface area contributed by atoms with E-state index in [4.69, 9.17) is 0 Å². The molecule has 0 saturated carbocycles. The lowest BCUT2D eigenvalue weighted by Gasteiger charge is -2.25. The fourth-order valence-electron chi connectivity index (χ4n) is 3.97. The molecule has 0 saturated heterocycles. The van der Waals surface area contributed by atoms with Crippen molar-refractivity contribution in [3.63, 3.8) is 0 Å². The van der Waals surface area contributed by atoms with Crippen molar-refractivity contribution in [1.82, 2.24) is 19.9 Å². The number of aromatic nitrogens is 3. The normalized spacial score (nSPS) is 12.6. The van der Waals surface area contributed by atoms with E-state index in [1.54, 1.807) is 12.4 Å². The molecule has 4 heteroatoms. The Kier molecular flexibility index (Phi) is 5.28. The van der Waals surface area contributed by atoms with Crippen LogP contribution >= 0.6 is 0 Å². The lowest BCUT2D eigenvalue weighted by atomic mass is 9.99. The number of benzene rings is 2. The Morgan fingerprint density at radius 1 is 0.839 bits per heavy atom. The summed E-state index contributed by atoms with van der Waals surface area (Å²) in [5, 5.41) is 0. The molecule has 0 atom stereocenters. The van der Waals surface area contributed by atoms with Gasteiger partial charge in [0.15, 0.2) is 0 Å². The van der Waals surface area contributed by atoms with Crippen molar-refractivity contribution in [1.29, 1.82) is 0 Å². The van der Waals surface area contributed by atoms with E-state index in [2.05, 4.69) is 86.7 Å². The Morgan fingerprint density at radius 2 is 1.71 bits per heavy atom. The molecule has 4 nitrogen and oxygen atoms in total. The fourth-order valence-corrected chi connectivity index (χ4v) is 3.97. The molecule has 31 heavy (non-hydrogen) atoms. The van der Waals surface area contributed by atoms with Crippen LogP contribution in [0.25, 0.3) is 28.5 Å².